The van der Waals surface area contributed by atoms with Gasteiger partial charge in [0.25, 0.3) is 0 Å². The minimum absolute atomic E-state index is 0.0211. The average molecular weight is 246 g/mol. The SMILES string of the molecule is COCCN(CCOC)C(CO)C(N)C1CC1. The van der Waals surface area contributed by atoms with E-state index in [-0.39, 0.29) is 18.7 Å². The molecule has 3 N–H and O–H groups in total. The molecule has 0 spiro atoms. The topological polar surface area (TPSA) is 68.0 Å². The quantitative estimate of drug-likeness (QED) is 0.553. The molecule has 1 aliphatic carbocycles. The van der Waals surface area contributed by atoms with E-state index >= 15 is 0 Å². The van der Waals surface area contributed by atoms with Crippen molar-refractivity contribution < 1.29 is 14.6 Å². The predicted molar refractivity (Wildman–Crippen MR) is 66.9 cm³/mol. The fraction of sp³-hybridized carbons (Fsp3) is 1.00. The molecule has 102 valence electrons. The second kappa shape index (κ2) is 8.00. The van der Waals surface area contributed by atoms with E-state index in [1.54, 1.807) is 14.2 Å². The van der Waals surface area contributed by atoms with E-state index in [0.29, 0.717) is 19.1 Å². The summed E-state index contributed by atoms with van der Waals surface area (Å²) in [5.41, 5.74) is 6.19. The Kier molecular flexibility index (Phi) is 6.99. The molecule has 1 aliphatic rings. The lowest BCUT2D eigenvalue weighted by molar-refractivity contribution is 0.0493. The van der Waals surface area contributed by atoms with E-state index in [1.807, 2.05) is 0 Å². The molecule has 0 aliphatic heterocycles. The maximum Gasteiger partial charge on any atom is 0.0602 e. The van der Waals surface area contributed by atoms with Gasteiger partial charge in [-0.05, 0) is 18.8 Å². The Labute approximate surface area is 104 Å². The highest BCUT2D eigenvalue weighted by molar-refractivity contribution is 4.93. The molecule has 1 rings (SSSR count). The normalized spacial score (nSPS) is 19.6. The molecule has 5 nitrogen and oxygen atoms in total. The van der Waals surface area contributed by atoms with E-state index < -0.39 is 0 Å². The third-order valence-corrected chi connectivity index (χ3v) is 3.43. The summed E-state index contributed by atoms with van der Waals surface area (Å²) in [5.74, 6) is 0.583. The second-order valence-electron chi connectivity index (χ2n) is 4.69. The van der Waals surface area contributed by atoms with Gasteiger partial charge in [0.1, 0.15) is 0 Å². The molecule has 0 amide bonds. The van der Waals surface area contributed by atoms with Gasteiger partial charge in [0, 0.05) is 39.4 Å². The predicted octanol–water partition coefficient (Wildman–Crippen LogP) is -0.321. The zero-order chi connectivity index (χ0) is 12.7. The molecule has 0 aromatic rings. The Morgan fingerprint density at radius 2 is 1.76 bits per heavy atom. The third kappa shape index (κ3) is 4.89. The van der Waals surface area contributed by atoms with Crippen molar-refractivity contribution in [1.82, 2.24) is 4.90 Å². The van der Waals surface area contributed by atoms with Crippen LogP contribution in [0.4, 0.5) is 0 Å². The number of aliphatic hydroxyl groups excluding tert-OH is 1. The van der Waals surface area contributed by atoms with Gasteiger partial charge in [-0.25, -0.2) is 0 Å². The smallest absolute Gasteiger partial charge is 0.0602 e. The summed E-state index contributed by atoms with van der Waals surface area (Å²) in [4.78, 5) is 2.18. The molecule has 1 fully saturated rings. The van der Waals surface area contributed by atoms with Crippen molar-refractivity contribution in [2.75, 3.05) is 47.1 Å². The largest absolute Gasteiger partial charge is 0.395 e. The van der Waals surface area contributed by atoms with Crippen LogP contribution in [-0.2, 0) is 9.47 Å². The first kappa shape index (κ1) is 14.9. The number of aliphatic hydroxyl groups is 1. The molecule has 0 aromatic carbocycles. The average Bonchev–Trinajstić information content (AvgIpc) is 3.16. The minimum Gasteiger partial charge on any atom is -0.395 e. The Bertz CT molecular complexity index is 192. The van der Waals surface area contributed by atoms with Gasteiger partial charge in [0.05, 0.1) is 19.8 Å². The van der Waals surface area contributed by atoms with Crippen molar-refractivity contribution in [2.45, 2.75) is 24.9 Å². The molecule has 0 aromatic heterocycles. The van der Waals surface area contributed by atoms with Gasteiger partial charge >= 0.3 is 0 Å². The molecule has 2 atom stereocenters. The van der Waals surface area contributed by atoms with Crippen LogP contribution >= 0.6 is 0 Å². The fourth-order valence-electron chi connectivity index (χ4n) is 2.14. The van der Waals surface area contributed by atoms with Crippen molar-refractivity contribution in [3.8, 4) is 0 Å². The van der Waals surface area contributed by atoms with Crippen molar-refractivity contribution in [3.05, 3.63) is 0 Å². The number of nitrogens with zero attached hydrogens (tertiary/aromatic N) is 1. The molecule has 0 radical (unpaired) electrons. The summed E-state index contributed by atoms with van der Waals surface area (Å²) in [7, 11) is 3.37. The molecule has 0 bridgehead atoms. The van der Waals surface area contributed by atoms with Crippen LogP contribution in [0.15, 0.2) is 0 Å². The number of methoxy groups -OCH3 is 2. The van der Waals surface area contributed by atoms with Crippen LogP contribution in [0, 0.1) is 5.92 Å². The Balaban J connectivity index is 2.48. The lowest BCUT2D eigenvalue weighted by atomic mass is 10.0. The number of ether oxygens (including phenoxy) is 2. The van der Waals surface area contributed by atoms with Crippen molar-refractivity contribution in [1.29, 1.82) is 0 Å². The first-order valence-electron chi connectivity index (χ1n) is 6.33. The van der Waals surface area contributed by atoms with E-state index in [0.717, 1.165) is 13.1 Å². The van der Waals surface area contributed by atoms with Crippen LogP contribution in [0.5, 0.6) is 0 Å². The maximum absolute atomic E-state index is 9.54. The van der Waals surface area contributed by atoms with E-state index in [9.17, 15) is 5.11 Å². The van der Waals surface area contributed by atoms with Gasteiger partial charge in [0.15, 0.2) is 0 Å². The summed E-state index contributed by atoms with van der Waals surface area (Å²) in [6, 6.07) is 0.0847. The second-order valence-corrected chi connectivity index (χ2v) is 4.69. The molecular weight excluding hydrogens is 220 g/mol. The highest BCUT2D eigenvalue weighted by Crippen LogP contribution is 2.33. The van der Waals surface area contributed by atoms with Gasteiger partial charge in [-0.2, -0.15) is 0 Å². The molecule has 2 unspecified atom stereocenters. The number of rotatable bonds is 10. The van der Waals surface area contributed by atoms with E-state index in [4.69, 9.17) is 15.2 Å². The minimum atomic E-state index is 0.0211. The van der Waals surface area contributed by atoms with Gasteiger partial charge in [-0.1, -0.05) is 0 Å². The van der Waals surface area contributed by atoms with Crippen molar-refractivity contribution in [2.24, 2.45) is 11.7 Å². The van der Waals surface area contributed by atoms with Gasteiger partial charge in [-0.3, -0.25) is 4.90 Å². The molecule has 0 heterocycles. The lowest BCUT2D eigenvalue weighted by Gasteiger charge is -2.34. The van der Waals surface area contributed by atoms with Gasteiger partial charge in [0.2, 0.25) is 0 Å². The van der Waals surface area contributed by atoms with E-state index in [2.05, 4.69) is 4.90 Å². The molecule has 17 heavy (non-hydrogen) atoms. The highest BCUT2D eigenvalue weighted by Gasteiger charge is 2.36. The molecule has 0 saturated heterocycles. The van der Waals surface area contributed by atoms with Crippen molar-refractivity contribution >= 4 is 0 Å². The summed E-state index contributed by atoms with van der Waals surface area (Å²) >= 11 is 0. The monoisotopic (exact) mass is 246 g/mol. The van der Waals surface area contributed by atoms with Crippen LogP contribution in [0.3, 0.4) is 0 Å². The first-order chi connectivity index (χ1) is 8.24. The number of hydrogen-bond donors (Lipinski definition) is 2. The molecular formula is C12H26N2O3. The van der Waals surface area contributed by atoms with Crippen LogP contribution in [0.2, 0.25) is 0 Å². The number of hydrogen-bond acceptors (Lipinski definition) is 5. The Hall–Kier alpha value is -0.200. The van der Waals surface area contributed by atoms with Crippen LogP contribution < -0.4 is 5.73 Å². The summed E-state index contributed by atoms with van der Waals surface area (Å²) in [5, 5.41) is 9.54. The van der Waals surface area contributed by atoms with Gasteiger partial charge < -0.3 is 20.3 Å². The lowest BCUT2D eigenvalue weighted by Crippen LogP contribution is -2.53. The zero-order valence-corrected chi connectivity index (χ0v) is 11.0. The van der Waals surface area contributed by atoms with Crippen LogP contribution in [0.25, 0.3) is 0 Å². The molecule has 1 saturated carbocycles. The summed E-state index contributed by atoms with van der Waals surface area (Å²) in [6.07, 6.45) is 2.39. The van der Waals surface area contributed by atoms with Gasteiger partial charge in [-0.15, -0.1) is 0 Å². The third-order valence-electron chi connectivity index (χ3n) is 3.43. The Morgan fingerprint density at radius 3 is 2.12 bits per heavy atom. The summed E-state index contributed by atoms with van der Waals surface area (Å²) < 4.78 is 10.2. The fourth-order valence-corrected chi connectivity index (χ4v) is 2.14. The standard InChI is InChI=1S/C12H26N2O3/c1-16-7-5-14(6-8-17-2)11(9-15)12(13)10-3-4-10/h10-12,15H,3-9,13H2,1-2H3. The first-order valence-corrected chi connectivity index (χ1v) is 6.33. The summed E-state index contributed by atoms with van der Waals surface area (Å²) in [6.45, 7) is 2.97. The highest BCUT2D eigenvalue weighted by atomic mass is 16.5. The Morgan fingerprint density at radius 1 is 1.24 bits per heavy atom. The van der Waals surface area contributed by atoms with Crippen LogP contribution in [-0.4, -0.2) is 69.2 Å². The zero-order valence-electron chi connectivity index (χ0n) is 11.0. The molecule has 5 heteroatoms. The maximum atomic E-state index is 9.54. The van der Waals surface area contributed by atoms with Crippen molar-refractivity contribution in [3.63, 3.8) is 0 Å². The van der Waals surface area contributed by atoms with E-state index in [1.165, 1.54) is 12.8 Å². The number of nitrogens with two attached hydrogens (primary N) is 1. The van der Waals surface area contributed by atoms with Crippen LogP contribution in [0.1, 0.15) is 12.8 Å².